The smallest absolute Gasteiger partial charge is 0.354 e. The summed E-state index contributed by atoms with van der Waals surface area (Å²) in [6.45, 7) is 3.18. The summed E-state index contributed by atoms with van der Waals surface area (Å²) >= 11 is 0. The van der Waals surface area contributed by atoms with Crippen molar-refractivity contribution in [2.24, 2.45) is 0 Å². The van der Waals surface area contributed by atoms with Crippen LogP contribution in [0.5, 0.6) is 0 Å². The molecule has 0 N–H and O–H groups in total. The fraction of sp³-hybridized carbons (Fsp3) is 0.333. The minimum atomic E-state index is -1.18. The van der Waals surface area contributed by atoms with Gasteiger partial charge in [-0.2, -0.15) is 0 Å². The summed E-state index contributed by atoms with van der Waals surface area (Å²) in [5.41, 5.74) is 0. The van der Waals surface area contributed by atoms with Gasteiger partial charge in [-0.25, -0.2) is 4.79 Å². The zero-order valence-electron chi connectivity index (χ0n) is 5.57. The van der Waals surface area contributed by atoms with Gasteiger partial charge in [-0.1, -0.05) is 6.58 Å². The first-order chi connectivity index (χ1) is 4.76. The predicted molar refractivity (Wildman–Crippen MR) is 33.1 cm³/mol. The fourth-order valence-corrected chi connectivity index (χ4v) is 0.363. The van der Waals surface area contributed by atoms with Crippen molar-refractivity contribution in [1.82, 2.24) is 0 Å². The average Bonchev–Trinajstić information content (AvgIpc) is 1.99. The Morgan fingerprint density at radius 1 is 1.70 bits per heavy atom. The van der Waals surface area contributed by atoms with E-state index in [1.807, 2.05) is 0 Å². The molecule has 0 rings (SSSR count). The summed E-state index contributed by atoms with van der Waals surface area (Å²) in [4.78, 5) is 20.5. The van der Waals surface area contributed by atoms with Gasteiger partial charge in [0.15, 0.2) is 6.29 Å². The van der Waals surface area contributed by atoms with Crippen molar-refractivity contribution in [1.29, 1.82) is 0 Å². The molecule has 0 aliphatic rings. The number of hydrogen-bond donors (Lipinski definition) is 0. The average molecular weight is 144 g/mol. The van der Waals surface area contributed by atoms with Gasteiger partial charge in [0.25, 0.3) is 0 Å². The maximum atomic E-state index is 10.5. The highest BCUT2D eigenvalue weighted by atomic mass is 16.6. The Morgan fingerprint density at radius 2 is 2.30 bits per heavy atom. The molecule has 0 heterocycles. The lowest BCUT2D eigenvalue weighted by atomic mass is 10.4. The molecule has 0 radical (unpaired) electrons. The van der Waals surface area contributed by atoms with Crippen LogP contribution in [0.3, 0.4) is 0 Å². The van der Waals surface area contributed by atoms with Crippen LogP contribution >= 0.6 is 0 Å². The van der Waals surface area contributed by atoms with Crippen LogP contribution in [0.1, 0.15) is 0 Å². The van der Waals surface area contributed by atoms with Gasteiger partial charge in [0, 0.05) is 0 Å². The SMILES string of the molecule is C=COC(C=O)C(=O)OC. The molecule has 0 aliphatic carbocycles. The zero-order chi connectivity index (χ0) is 7.98. The van der Waals surface area contributed by atoms with Gasteiger partial charge < -0.3 is 9.47 Å². The molecule has 10 heavy (non-hydrogen) atoms. The molecule has 0 aliphatic heterocycles. The Hall–Kier alpha value is -1.32. The number of ether oxygens (including phenoxy) is 2. The van der Waals surface area contributed by atoms with E-state index in [0.717, 1.165) is 6.26 Å². The maximum absolute atomic E-state index is 10.5. The van der Waals surface area contributed by atoms with Crippen LogP contribution in [0.2, 0.25) is 0 Å². The lowest BCUT2D eigenvalue weighted by molar-refractivity contribution is -0.152. The predicted octanol–water partition coefficient (Wildman–Crippen LogP) is -0.113. The zero-order valence-corrected chi connectivity index (χ0v) is 5.57. The third kappa shape index (κ3) is 2.30. The summed E-state index contributed by atoms with van der Waals surface area (Å²) in [6.07, 6.45) is 0.172. The molecule has 0 spiro atoms. The van der Waals surface area contributed by atoms with Crippen molar-refractivity contribution in [3.8, 4) is 0 Å². The summed E-state index contributed by atoms with van der Waals surface area (Å²) in [5.74, 6) is -0.727. The van der Waals surface area contributed by atoms with E-state index in [1.54, 1.807) is 0 Å². The summed E-state index contributed by atoms with van der Waals surface area (Å²) in [6, 6.07) is 0. The van der Waals surface area contributed by atoms with Crippen LogP contribution in [-0.2, 0) is 19.1 Å². The van der Waals surface area contributed by atoms with Crippen LogP contribution in [0.25, 0.3) is 0 Å². The fourth-order valence-electron chi connectivity index (χ4n) is 0.363. The third-order valence-electron chi connectivity index (χ3n) is 0.800. The van der Waals surface area contributed by atoms with Crippen molar-refractivity contribution in [2.75, 3.05) is 7.11 Å². The molecule has 1 atom stereocenters. The lowest BCUT2D eigenvalue weighted by Crippen LogP contribution is -2.24. The number of rotatable bonds is 4. The molecule has 0 saturated carbocycles. The highest BCUT2D eigenvalue weighted by Crippen LogP contribution is 1.90. The number of aldehydes is 1. The second kappa shape index (κ2) is 4.55. The van der Waals surface area contributed by atoms with E-state index in [-0.39, 0.29) is 0 Å². The highest BCUT2D eigenvalue weighted by molar-refractivity contribution is 5.90. The molecule has 0 fully saturated rings. The quantitative estimate of drug-likeness (QED) is 0.239. The molecule has 56 valence electrons. The maximum Gasteiger partial charge on any atom is 0.354 e. The van der Waals surface area contributed by atoms with E-state index < -0.39 is 12.1 Å². The van der Waals surface area contributed by atoms with E-state index in [4.69, 9.17) is 0 Å². The molecule has 0 aromatic rings. The molecule has 0 saturated heterocycles. The summed E-state index contributed by atoms with van der Waals surface area (Å²) < 4.78 is 8.68. The van der Waals surface area contributed by atoms with Crippen LogP contribution in [0.4, 0.5) is 0 Å². The van der Waals surface area contributed by atoms with E-state index in [2.05, 4.69) is 16.1 Å². The largest absolute Gasteiger partial charge is 0.479 e. The monoisotopic (exact) mass is 144 g/mol. The molecule has 4 nitrogen and oxygen atoms in total. The molecule has 0 amide bonds. The highest BCUT2D eigenvalue weighted by Gasteiger charge is 2.17. The van der Waals surface area contributed by atoms with Crippen molar-refractivity contribution < 1.29 is 19.1 Å². The second-order valence-electron chi connectivity index (χ2n) is 1.38. The molecule has 0 aromatic heterocycles. The minimum absolute atomic E-state index is 0.341. The summed E-state index contributed by atoms with van der Waals surface area (Å²) in [7, 11) is 1.17. The Bertz CT molecular complexity index is 141. The number of esters is 1. The Labute approximate surface area is 58.4 Å². The van der Waals surface area contributed by atoms with Gasteiger partial charge in [-0.3, -0.25) is 4.79 Å². The van der Waals surface area contributed by atoms with Crippen molar-refractivity contribution in [3.63, 3.8) is 0 Å². The molecule has 0 bridgehead atoms. The number of hydrogen-bond acceptors (Lipinski definition) is 4. The van der Waals surface area contributed by atoms with Crippen molar-refractivity contribution in [3.05, 3.63) is 12.8 Å². The third-order valence-corrected chi connectivity index (χ3v) is 0.800. The minimum Gasteiger partial charge on any atom is -0.479 e. The number of carbonyl (C=O) groups excluding carboxylic acids is 2. The number of carbonyl (C=O) groups is 2. The molecule has 0 aromatic carbocycles. The Kier molecular flexibility index (Phi) is 3.95. The van der Waals surface area contributed by atoms with Gasteiger partial charge in [-0.15, -0.1) is 0 Å². The van der Waals surface area contributed by atoms with Gasteiger partial charge in [0.2, 0.25) is 6.10 Å². The molecule has 4 heteroatoms. The first-order valence-electron chi connectivity index (χ1n) is 2.55. The molecular formula is C6H8O4. The van der Waals surface area contributed by atoms with Crippen LogP contribution in [0.15, 0.2) is 12.8 Å². The lowest BCUT2D eigenvalue weighted by Gasteiger charge is -2.05. The second-order valence-corrected chi connectivity index (χ2v) is 1.38. The Balaban J connectivity index is 3.91. The van der Waals surface area contributed by atoms with Gasteiger partial charge in [-0.05, 0) is 0 Å². The first-order valence-corrected chi connectivity index (χ1v) is 2.55. The van der Waals surface area contributed by atoms with E-state index in [0.29, 0.717) is 6.29 Å². The normalized spacial score (nSPS) is 11.3. The Morgan fingerprint density at radius 3 is 2.60 bits per heavy atom. The van der Waals surface area contributed by atoms with Gasteiger partial charge in [0.1, 0.15) is 0 Å². The van der Waals surface area contributed by atoms with Crippen molar-refractivity contribution >= 4 is 12.3 Å². The standard InChI is InChI=1S/C6H8O4/c1-3-10-5(4-7)6(8)9-2/h3-5H,1H2,2H3. The van der Waals surface area contributed by atoms with Gasteiger partial charge >= 0.3 is 5.97 Å². The molecular weight excluding hydrogens is 136 g/mol. The van der Waals surface area contributed by atoms with Gasteiger partial charge in [0.05, 0.1) is 13.4 Å². The first kappa shape index (κ1) is 8.68. The topological polar surface area (TPSA) is 52.6 Å². The van der Waals surface area contributed by atoms with E-state index in [1.165, 1.54) is 7.11 Å². The van der Waals surface area contributed by atoms with Crippen molar-refractivity contribution in [2.45, 2.75) is 6.10 Å². The molecule has 1 unspecified atom stereocenters. The van der Waals surface area contributed by atoms with Crippen LogP contribution in [0, 0.1) is 0 Å². The van der Waals surface area contributed by atoms with Crippen LogP contribution in [-0.4, -0.2) is 25.5 Å². The van der Waals surface area contributed by atoms with Crippen LogP contribution < -0.4 is 0 Å². The summed E-state index contributed by atoms with van der Waals surface area (Å²) in [5, 5.41) is 0. The number of methoxy groups -OCH3 is 1. The van der Waals surface area contributed by atoms with E-state index in [9.17, 15) is 9.59 Å². The van der Waals surface area contributed by atoms with E-state index >= 15 is 0 Å².